The van der Waals surface area contributed by atoms with E-state index >= 15 is 0 Å². The summed E-state index contributed by atoms with van der Waals surface area (Å²) < 4.78 is 26.2. The van der Waals surface area contributed by atoms with E-state index in [-0.39, 0.29) is 6.04 Å². The molecule has 1 aromatic rings. The van der Waals surface area contributed by atoms with E-state index in [1.807, 2.05) is 21.1 Å². The van der Waals surface area contributed by atoms with Crippen LogP contribution in [0.4, 0.5) is 8.78 Å². The molecule has 0 spiro atoms. The molecule has 108 valence electrons. The minimum Gasteiger partial charge on any atom is -0.324 e. The van der Waals surface area contributed by atoms with E-state index in [0.29, 0.717) is 12.0 Å². The number of hydrogen-bond acceptors (Lipinski definition) is 3. The zero-order valence-corrected chi connectivity index (χ0v) is 11.9. The van der Waals surface area contributed by atoms with E-state index in [1.165, 1.54) is 12.1 Å². The molecule has 0 saturated heterocycles. The molecule has 0 fully saturated rings. The third kappa shape index (κ3) is 6.09. The number of hydrogen-bond donors (Lipinski definition) is 1. The van der Waals surface area contributed by atoms with Crippen molar-refractivity contribution < 1.29 is 8.78 Å². The Hall–Kier alpha value is -1.04. The van der Waals surface area contributed by atoms with E-state index in [1.54, 1.807) is 0 Å². The lowest BCUT2D eigenvalue weighted by Gasteiger charge is -2.21. The fourth-order valence-electron chi connectivity index (χ4n) is 1.80. The van der Waals surface area contributed by atoms with Crippen LogP contribution in [0.1, 0.15) is 18.0 Å². The first-order valence-corrected chi connectivity index (χ1v) is 6.43. The summed E-state index contributed by atoms with van der Waals surface area (Å²) in [6.45, 7) is 2.71. The van der Waals surface area contributed by atoms with Crippen molar-refractivity contribution in [3.63, 3.8) is 0 Å². The fraction of sp³-hybridized carbons (Fsp3) is 0.571. The second kappa shape index (κ2) is 7.53. The zero-order chi connectivity index (χ0) is 14.4. The van der Waals surface area contributed by atoms with Crippen molar-refractivity contribution in [2.75, 3.05) is 40.8 Å². The van der Waals surface area contributed by atoms with Crippen LogP contribution in [-0.4, -0.2) is 50.6 Å². The number of rotatable bonds is 7. The summed E-state index contributed by atoms with van der Waals surface area (Å²) in [6, 6.07) is 3.12. The van der Waals surface area contributed by atoms with Crippen LogP contribution in [0.3, 0.4) is 0 Å². The van der Waals surface area contributed by atoms with Gasteiger partial charge in [-0.3, -0.25) is 0 Å². The van der Waals surface area contributed by atoms with Crippen molar-refractivity contribution in [1.82, 2.24) is 9.80 Å². The summed E-state index contributed by atoms with van der Waals surface area (Å²) in [5.41, 5.74) is 6.48. The van der Waals surface area contributed by atoms with Gasteiger partial charge in [-0.2, -0.15) is 0 Å². The first-order valence-electron chi connectivity index (χ1n) is 6.43. The van der Waals surface area contributed by atoms with Gasteiger partial charge in [0.05, 0.1) is 0 Å². The summed E-state index contributed by atoms with van der Waals surface area (Å²) in [6.07, 6.45) is 0.673. The van der Waals surface area contributed by atoms with Gasteiger partial charge in [-0.25, -0.2) is 8.78 Å². The molecule has 19 heavy (non-hydrogen) atoms. The highest BCUT2D eigenvalue weighted by molar-refractivity contribution is 5.21. The summed E-state index contributed by atoms with van der Waals surface area (Å²) in [5.74, 6) is -1.15. The predicted octanol–water partition coefficient (Wildman–Crippen LogP) is 1.85. The molecule has 1 atom stereocenters. The van der Waals surface area contributed by atoms with Gasteiger partial charge in [-0.15, -0.1) is 0 Å². The quantitative estimate of drug-likeness (QED) is 0.821. The number of benzene rings is 1. The predicted molar refractivity (Wildman–Crippen MR) is 74.0 cm³/mol. The smallest absolute Gasteiger partial charge is 0.126 e. The monoisotopic (exact) mass is 271 g/mol. The molecule has 0 saturated carbocycles. The van der Waals surface area contributed by atoms with Gasteiger partial charge in [0.15, 0.2) is 0 Å². The van der Waals surface area contributed by atoms with Gasteiger partial charge in [0.2, 0.25) is 0 Å². The average molecular weight is 271 g/mol. The zero-order valence-electron chi connectivity index (χ0n) is 11.9. The van der Waals surface area contributed by atoms with Crippen LogP contribution in [0.5, 0.6) is 0 Å². The molecular formula is C14H23F2N3. The van der Waals surface area contributed by atoms with E-state index in [9.17, 15) is 8.78 Å². The van der Waals surface area contributed by atoms with Crippen LogP contribution in [-0.2, 0) is 0 Å². The van der Waals surface area contributed by atoms with Crippen LogP contribution in [0.25, 0.3) is 0 Å². The van der Waals surface area contributed by atoms with Crippen LogP contribution in [0.2, 0.25) is 0 Å². The van der Waals surface area contributed by atoms with E-state index in [4.69, 9.17) is 5.73 Å². The Morgan fingerprint density at radius 1 is 1.00 bits per heavy atom. The first-order chi connectivity index (χ1) is 8.88. The molecule has 2 N–H and O–H groups in total. The van der Waals surface area contributed by atoms with Crippen LogP contribution in [0.15, 0.2) is 18.2 Å². The first kappa shape index (κ1) is 16.0. The number of nitrogens with zero attached hydrogens (tertiary/aromatic N) is 2. The average Bonchev–Trinajstić information content (AvgIpc) is 2.32. The lowest BCUT2D eigenvalue weighted by Crippen LogP contribution is -2.30. The maximum absolute atomic E-state index is 13.1. The van der Waals surface area contributed by atoms with Crippen molar-refractivity contribution in [2.45, 2.75) is 12.5 Å². The lowest BCUT2D eigenvalue weighted by atomic mass is 10.0. The summed E-state index contributed by atoms with van der Waals surface area (Å²) in [4.78, 5) is 4.27. The van der Waals surface area contributed by atoms with Gasteiger partial charge in [0.1, 0.15) is 11.6 Å². The van der Waals surface area contributed by atoms with Crippen molar-refractivity contribution in [3.8, 4) is 0 Å². The summed E-state index contributed by atoms with van der Waals surface area (Å²) in [5, 5.41) is 0. The highest BCUT2D eigenvalue weighted by Crippen LogP contribution is 2.17. The molecular weight excluding hydrogens is 248 g/mol. The molecule has 0 aliphatic rings. The third-order valence-corrected chi connectivity index (χ3v) is 3.06. The van der Waals surface area contributed by atoms with E-state index in [2.05, 4.69) is 9.80 Å². The topological polar surface area (TPSA) is 32.5 Å². The van der Waals surface area contributed by atoms with Gasteiger partial charge >= 0.3 is 0 Å². The standard InChI is InChI=1S/C14H23F2N3/c1-18(2)6-7-19(3)5-4-14(17)11-8-12(15)10-13(16)9-11/h8-10,14H,4-7,17H2,1-3H3. The molecule has 0 aromatic heterocycles. The van der Waals surface area contributed by atoms with Crippen LogP contribution < -0.4 is 5.73 Å². The Labute approximate surface area is 114 Å². The molecule has 5 heteroatoms. The molecule has 0 bridgehead atoms. The van der Waals surface area contributed by atoms with Crippen molar-refractivity contribution >= 4 is 0 Å². The molecule has 1 rings (SSSR count). The minimum absolute atomic E-state index is 0.341. The second-order valence-corrected chi connectivity index (χ2v) is 5.20. The normalized spacial score (nSPS) is 13.3. The van der Waals surface area contributed by atoms with Crippen molar-refractivity contribution in [1.29, 1.82) is 0 Å². The second-order valence-electron chi connectivity index (χ2n) is 5.20. The molecule has 0 radical (unpaired) electrons. The highest BCUT2D eigenvalue weighted by Gasteiger charge is 2.10. The Morgan fingerprint density at radius 3 is 2.11 bits per heavy atom. The Morgan fingerprint density at radius 2 is 1.58 bits per heavy atom. The molecule has 1 aromatic carbocycles. The third-order valence-electron chi connectivity index (χ3n) is 3.06. The molecule has 0 aliphatic carbocycles. The SMILES string of the molecule is CN(C)CCN(C)CCC(N)c1cc(F)cc(F)c1. The number of halogens is 2. The van der Waals surface area contributed by atoms with Gasteiger partial charge in [0, 0.05) is 25.2 Å². The maximum Gasteiger partial charge on any atom is 0.126 e. The largest absolute Gasteiger partial charge is 0.324 e. The summed E-state index contributed by atoms with van der Waals surface area (Å²) >= 11 is 0. The molecule has 1 unspecified atom stereocenters. The Bertz CT molecular complexity index is 376. The molecule has 3 nitrogen and oxygen atoms in total. The van der Waals surface area contributed by atoms with Gasteiger partial charge in [-0.05, 0) is 51.8 Å². The Balaban J connectivity index is 2.44. The van der Waals surface area contributed by atoms with Gasteiger partial charge in [-0.1, -0.05) is 0 Å². The molecule has 0 aliphatic heterocycles. The lowest BCUT2D eigenvalue weighted by molar-refractivity contribution is 0.274. The number of likely N-dealkylation sites (N-methyl/N-ethyl adjacent to an activating group) is 2. The van der Waals surface area contributed by atoms with Crippen LogP contribution >= 0.6 is 0 Å². The van der Waals surface area contributed by atoms with Gasteiger partial charge < -0.3 is 15.5 Å². The summed E-state index contributed by atoms with van der Waals surface area (Å²) in [7, 11) is 6.06. The molecule has 0 amide bonds. The fourth-order valence-corrected chi connectivity index (χ4v) is 1.80. The van der Waals surface area contributed by atoms with Crippen LogP contribution in [0, 0.1) is 11.6 Å². The Kier molecular flexibility index (Phi) is 6.34. The maximum atomic E-state index is 13.1. The van der Waals surface area contributed by atoms with Gasteiger partial charge in [0.25, 0.3) is 0 Å². The minimum atomic E-state index is -0.577. The molecule has 0 heterocycles. The van der Waals surface area contributed by atoms with Crippen molar-refractivity contribution in [2.24, 2.45) is 5.73 Å². The van der Waals surface area contributed by atoms with E-state index in [0.717, 1.165) is 25.7 Å². The van der Waals surface area contributed by atoms with Crippen molar-refractivity contribution in [3.05, 3.63) is 35.4 Å². The number of nitrogens with two attached hydrogens (primary N) is 1. The highest BCUT2D eigenvalue weighted by atomic mass is 19.1. The van der Waals surface area contributed by atoms with E-state index < -0.39 is 11.6 Å².